The lowest BCUT2D eigenvalue weighted by Crippen LogP contribution is -2.61. The monoisotopic (exact) mass is 413 g/mol. The van der Waals surface area contributed by atoms with E-state index in [1.807, 2.05) is 6.07 Å². The molecular weight excluding hydrogens is 385 g/mol. The Morgan fingerprint density at radius 2 is 1.97 bits per heavy atom. The second-order valence-electron chi connectivity index (χ2n) is 7.77. The van der Waals surface area contributed by atoms with Crippen LogP contribution in [0.4, 0.5) is 15.8 Å². The average Bonchev–Trinajstić information content (AvgIpc) is 2.78. The number of anilines is 2. The fourth-order valence-corrected chi connectivity index (χ4v) is 4.50. The molecule has 1 N–H and O–H groups in total. The first-order valence-corrected chi connectivity index (χ1v) is 10.3. The van der Waals surface area contributed by atoms with E-state index in [1.165, 1.54) is 12.1 Å². The molecule has 1 amide bonds. The third-order valence-corrected chi connectivity index (χ3v) is 6.06. The molecular formula is C23H28FN3O3. The number of piperazine rings is 1. The van der Waals surface area contributed by atoms with Gasteiger partial charge in [-0.1, -0.05) is 6.07 Å². The Morgan fingerprint density at radius 1 is 1.17 bits per heavy atom. The lowest BCUT2D eigenvalue weighted by molar-refractivity contribution is -0.126. The summed E-state index contributed by atoms with van der Waals surface area (Å²) in [5.74, 6) is 0.443. The summed E-state index contributed by atoms with van der Waals surface area (Å²) in [7, 11) is 3.29. The van der Waals surface area contributed by atoms with Crippen molar-refractivity contribution in [3.8, 4) is 5.75 Å². The molecule has 2 atom stereocenters. The first-order valence-electron chi connectivity index (χ1n) is 10.3. The van der Waals surface area contributed by atoms with E-state index in [1.54, 1.807) is 26.4 Å². The predicted octanol–water partition coefficient (Wildman–Crippen LogP) is 2.46. The molecule has 1 fully saturated rings. The first-order chi connectivity index (χ1) is 14.6. The number of hydrogen-bond acceptors (Lipinski definition) is 5. The van der Waals surface area contributed by atoms with Crippen molar-refractivity contribution in [3.05, 3.63) is 53.8 Å². The van der Waals surface area contributed by atoms with Crippen LogP contribution in [0.2, 0.25) is 0 Å². The highest BCUT2D eigenvalue weighted by Gasteiger charge is 2.41. The molecule has 2 aromatic rings. The van der Waals surface area contributed by atoms with Crippen LogP contribution in [0.15, 0.2) is 42.5 Å². The van der Waals surface area contributed by atoms with Crippen molar-refractivity contribution in [2.24, 2.45) is 5.92 Å². The summed E-state index contributed by atoms with van der Waals surface area (Å²) >= 11 is 0. The van der Waals surface area contributed by atoms with Gasteiger partial charge in [0.25, 0.3) is 0 Å². The van der Waals surface area contributed by atoms with Gasteiger partial charge in [0.05, 0.1) is 25.7 Å². The number of benzene rings is 2. The molecule has 30 heavy (non-hydrogen) atoms. The van der Waals surface area contributed by atoms with Gasteiger partial charge in [0.2, 0.25) is 5.91 Å². The fourth-order valence-electron chi connectivity index (χ4n) is 4.50. The lowest BCUT2D eigenvalue weighted by Gasteiger charge is -2.49. The van der Waals surface area contributed by atoms with E-state index >= 15 is 0 Å². The summed E-state index contributed by atoms with van der Waals surface area (Å²) in [5, 5.41) is 3.02. The number of nitrogens with one attached hydrogen (secondary N) is 1. The van der Waals surface area contributed by atoms with Gasteiger partial charge in [-0.2, -0.15) is 0 Å². The number of nitrogens with zero attached hydrogens (tertiary/aromatic N) is 2. The van der Waals surface area contributed by atoms with E-state index in [0.717, 1.165) is 35.8 Å². The molecule has 4 rings (SSSR count). The number of carbonyl (C=O) groups excluding carboxylic acids is 1. The molecule has 0 aliphatic carbocycles. The number of rotatable bonds is 6. The minimum Gasteiger partial charge on any atom is -0.497 e. The number of methoxy groups -OCH3 is 2. The molecule has 1 saturated heterocycles. The van der Waals surface area contributed by atoms with Crippen molar-refractivity contribution in [2.45, 2.75) is 12.5 Å². The van der Waals surface area contributed by atoms with Crippen LogP contribution in [-0.2, 0) is 16.0 Å². The molecule has 0 saturated carbocycles. The Bertz CT molecular complexity index is 890. The van der Waals surface area contributed by atoms with Gasteiger partial charge in [0.15, 0.2) is 0 Å². The zero-order valence-corrected chi connectivity index (χ0v) is 17.4. The summed E-state index contributed by atoms with van der Waals surface area (Å²) < 4.78 is 23.9. The molecule has 0 bridgehead atoms. The number of fused-ring (bicyclic) bond motifs is 3. The highest BCUT2D eigenvalue weighted by molar-refractivity contribution is 5.82. The number of ether oxygens (including phenoxy) is 2. The van der Waals surface area contributed by atoms with Gasteiger partial charge in [-0.25, -0.2) is 4.39 Å². The average molecular weight is 413 g/mol. The minimum absolute atomic E-state index is 0.0194. The van der Waals surface area contributed by atoms with Crippen molar-refractivity contribution in [1.29, 1.82) is 0 Å². The van der Waals surface area contributed by atoms with Crippen molar-refractivity contribution in [1.82, 2.24) is 5.32 Å². The normalized spacial score (nSPS) is 20.4. The smallest absolute Gasteiger partial charge is 0.225 e. The third kappa shape index (κ3) is 4.07. The van der Waals surface area contributed by atoms with Gasteiger partial charge in [0, 0.05) is 50.7 Å². The van der Waals surface area contributed by atoms with E-state index < -0.39 is 0 Å². The fraction of sp³-hybridized carbons (Fsp3) is 0.435. The molecule has 0 spiro atoms. The van der Waals surface area contributed by atoms with Crippen molar-refractivity contribution in [3.63, 3.8) is 0 Å². The topological polar surface area (TPSA) is 54.0 Å². The number of carbonyl (C=O) groups is 1. The van der Waals surface area contributed by atoms with Crippen molar-refractivity contribution >= 4 is 17.3 Å². The molecule has 2 unspecified atom stereocenters. The SMILES string of the molecule is COCCNC(=O)C1Cc2ccc(OC)cc2N2CCN(c3ccc(F)cc3)CC12. The molecule has 2 aliphatic rings. The molecule has 0 radical (unpaired) electrons. The Labute approximate surface area is 176 Å². The molecule has 160 valence electrons. The maximum Gasteiger partial charge on any atom is 0.225 e. The highest BCUT2D eigenvalue weighted by atomic mass is 19.1. The summed E-state index contributed by atoms with van der Waals surface area (Å²) in [4.78, 5) is 17.6. The number of amides is 1. The van der Waals surface area contributed by atoms with Crippen LogP contribution in [0.1, 0.15) is 5.56 Å². The van der Waals surface area contributed by atoms with Gasteiger partial charge < -0.3 is 24.6 Å². The summed E-state index contributed by atoms with van der Waals surface area (Å²) in [6, 6.07) is 12.7. The molecule has 0 aromatic heterocycles. The standard InChI is InChI=1S/C23H28FN3O3/c1-29-12-9-25-23(28)20-13-16-3-8-19(30-2)14-21(16)27-11-10-26(15-22(20)27)18-6-4-17(24)5-7-18/h3-8,14,20,22H,9-13,15H2,1-2H3,(H,25,28). The second-order valence-corrected chi connectivity index (χ2v) is 7.77. The van der Waals surface area contributed by atoms with Crippen LogP contribution in [0.25, 0.3) is 0 Å². The Kier molecular flexibility index (Phi) is 6.08. The molecule has 7 heteroatoms. The summed E-state index contributed by atoms with van der Waals surface area (Å²) in [6.07, 6.45) is 0.677. The van der Waals surface area contributed by atoms with Crippen LogP contribution in [-0.4, -0.2) is 59.0 Å². The zero-order chi connectivity index (χ0) is 21.1. The lowest BCUT2D eigenvalue weighted by atomic mass is 9.83. The first kappa shape index (κ1) is 20.5. The van der Waals surface area contributed by atoms with E-state index in [4.69, 9.17) is 9.47 Å². The van der Waals surface area contributed by atoms with Crippen LogP contribution in [0.3, 0.4) is 0 Å². The van der Waals surface area contributed by atoms with E-state index in [0.29, 0.717) is 26.1 Å². The summed E-state index contributed by atoms with van der Waals surface area (Å²) in [6.45, 7) is 3.27. The third-order valence-electron chi connectivity index (χ3n) is 6.06. The Balaban J connectivity index is 1.62. The Morgan fingerprint density at radius 3 is 2.70 bits per heavy atom. The minimum atomic E-state index is -0.244. The molecule has 6 nitrogen and oxygen atoms in total. The van der Waals surface area contributed by atoms with E-state index in [9.17, 15) is 9.18 Å². The highest BCUT2D eigenvalue weighted by Crippen LogP contribution is 2.38. The van der Waals surface area contributed by atoms with Crippen LogP contribution >= 0.6 is 0 Å². The van der Waals surface area contributed by atoms with Gasteiger partial charge in [-0.3, -0.25) is 4.79 Å². The summed E-state index contributed by atoms with van der Waals surface area (Å²) in [5.41, 5.74) is 3.28. The van der Waals surface area contributed by atoms with Gasteiger partial charge in [-0.05, 0) is 42.3 Å². The van der Waals surface area contributed by atoms with Crippen molar-refractivity contribution < 1.29 is 18.7 Å². The van der Waals surface area contributed by atoms with Gasteiger partial charge in [-0.15, -0.1) is 0 Å². The van der Waals surface area contributed by atoms with Crippen molar-refractivity contribution in [2.75, 3.05) is 56.8 Å². The zero-order valence-electron chi connectivity index (χ0n) is 17.4. The molecule has 2 aromatic carbocycles. The van der Waals surface area contributed by atoms with E-state index in [2.05, 4.69) is 27.2 Å². The number of halogens is 1. The predicted molar refractivity (Wildman–Crippen MR) is 115 cm³/mol. The largest absolute Gasteiger partial charge is 0.497 e. The molecule has 2 aliphatic heterocycles. The van der Waals surface area contributed by atoms with Crippen LogP contribution < -0.4 is 19.9 Å². The van der Waals surface area contributed by atoms with Gasteiger partial charge in [0.1, 0.15) is 11.6 Å². The Hall–Kier alpha value is -2.80. The van der Waals surface area contributed by atoms with Crippen LogP contribution in [0, 0.1) is 11.7 Å². The van der Waals surface area contributed by atoms with Gasteiger partial charge >= 0.3 is 0 Å². The quantitative estimate of drug-likeness (QED) is 0.738. The maximum atomic E-state index is 13.4. The van der Waals surface area contributed by atoms with Crippen LogP contribution in [0.5, 0.6) is 5.75 Å². The van der Waals surface area contributed by atoms with E-state index in [-0.39, 0.29) is 23.7 Å². The second kappa shape index (κ2) is 8.92. The maximum absolute atomic E-state index is 13.4. The molecule has 2 heterocycles. The number of hydrogen-bond donors (Lipinski definition) is 1.